The molecule has 1 saturated heterocycles. The second-order valence-electron chi connectivity index (χ2n) is 7.93. The van der Waals surface area contributed by atoms with Crippen LogP contribution in [0.25, 0.3) is 0 Å². The molecule has 1 N–H and O–H groups in total. The van der Waals surface area contributed by atoms with Gasteiger partial charge in [0.15, 0.2) is 6.29 Å². The Kier molecular flexibility index (Phi) is 5.62. The van der Waals surface area contributed by atoms with Gasteiger partial charge in [-0.1, -0.05) is 45.7 Å². The third-order valence-electron chi connectivity index (χ3n) is 6.31. The Morgan fingerprint density at radius 3 is 2.74 bits per heavy atom. The lowest BCUT2D eigenvalue weighted by molar-refractivity contribution is -0.104. The minimum Gasteiger partial charge on any atom is -0.368 e. The van der Waals surface area contributed by atoms with Crippen molar-refractivity contribution < 1.29 is 9.84 Å². The van der Waals surface area contributed by atoms with Gasteiger partial charge in [0.1, 0.15) is 0 Å². The number of aromatic nitrogens is 1. The van der Waals surface area contributed by atoms with Gasteiger partial charge in [0.2, 0.25) is 0 Å². The molecule has 0 radical (unpaired) electrons. The lowest BCUT2D eigenvalue weighted by Gasteiger charge is -2.41. The molecule has 2 fully saturated rings. The first-order valence-corrected chi connectivity index (χ1v) is 11.1. The molecule has 0 bridgehead atoms. The van der Waals surface area contributed by atoms with Crippen LogP contribution in [0.15, 0.2) is 36.5 Å². The van der Waals surface area contributed by atoms with Gasteiger partial charge in [0, 0.05) is 40.0 Å². The molecule has 1 saturated carbocycles. The minimum atomic E-state index is -0.677. The molecule has 2 aliphatic rings. The van der Waals surface area contributed by atoms with E-state index in [0.717, 1.165) is 34.5 Å². The number of fused-ring (bicyclic) bond motifs is 1. The monoisotopic (exact) mass is 449 g/mol. The molecule has 3 nitrogen and oxygen atoms in total. The summed E-state index contributed by atoms with van der Waals surface area (Å²) in [4.78, 5) is 4.81. The van der Waals surface area contributed by atoms with Crippen LogP contribution in [0.4, 0.5) is 0 Å². The number of pyridine rings is 1. The molecule has 2 heterocycles. The zero-order valence-electron chi connectivity index (χ0n) is 15.6. The highest BCUT2D eigenvalue weighted by molar-refractivity contribution is 9.08. The molecule has 27 heavy (non-hydrogen) atoms. The van der Waals surface area contributed by atoms with E-state index in [1.54, 1.807) is 0 Å². The first-order valence-electron chi connectivity index (χ1n) is 9.60. The van der Waals surface area contributed by atoms with Crippen molar-refractivity contribution in [2.24, 2.45) is 11.8 Å². The van der Waals surface area contributed by atoms with Crippen LogP contribution >= 0.6 is 27.5 Å². The summed E-state index contributed by atoms with van der Waals surface area (Å²) in [6, 6.07) is 10.6. The van der Waals surface area contributed by atoms with E-state index in [0.29, 0.717) is 0 Å². The predicted molar refractivity (Wildman–Crippen MR) is 111 cm³/mol. The number of aliphatic hydroxyl groups is 1. The number of nitrogens with zero attached hydrogens (tertiary/aromatic N) is 1. The topological polar surface area (TPSA) is 42.4 Å². The van der Waals surface area contributed by atoms with Gasteiger partial charge in [-0.3, -0.25) is 4.98 Å². The Bertz CT molecular complexity index is 812. The van der Waals surface area contributed by atoms with E-state index in [-0.39, 0.29) is 29.8 Å². The molecule has 1 aliphatic heterocycles. The molecule has 0 amide bonds. The summed E-state index contributed by atoms with van der Waals surface area (Å²) < 4.78 is 5.83. The maximum atomic E-state index is 10.4. The summed E-state index contributed by atoms with van der Waals surface area (Å²) in [5.41, 5.74) is 4.58. The van der Waals surface area contributed by atoms with Crippen molar-refractivity contribution in [3.8, 4) is 0 Å². The zero-order chi connectivity index (χ0) is 19.1. The van der Waals surface area contributed by atoms with Crippen molar-refractivity contribution in [1.29, 1.82) is 0 Å². The SMILES string of the molecule is Cc1ccc(C2CC[C@H]3C(O)O[C@H](C)[C@H]3[C@H]2c2ccc(CBr)cn2)c(Cl)c1. The van der Waals surface area contributed by atoms with Gasteiger partial charge in [-0.05, 0) is 61.4 Å². The van der Waals surface area contributed by atoms with Crippen LogP contribution in [-0.4, -0.2) is 22.5 Å². The standard InChI is InChI=1S/C22H25BrClNO2/c1-12-3-5-15(18(24)9-12)16-6-7-17-20(13(2)27-22(17)26)21(16)19-8-4-14(10-23)11-25-19/h3-5,8-9,11,13,16-17,20-22,26H,6-7,10H2,1-2H3/t13-,16?,17-,20-,21-,22?/m1/s1. The Morgan fingerprint density at radius 2 is 2.07 bits per heavy atom. The van der Waals surface area contributed by atoms with Crippen LogP contribution in [0.5, 0.6) is 0 Å². The fourth-order valence-corrected chi connectivity index (χ4v) is 5.77. The number of rotatable bonds is 3. The number of benzene rings is 1. The summed E-state index contributed by atoms with van der Waals surface area (Å²) >= 11 is 10.2. The molecule has 1 aliphatic carbocycles. The maximum Gasteiger partial charge on any atom is 0.158 e. The van der Waals surface area contributed by atoms with Crippen LogP contribution in [0.2, 0.25) is 5.02 Å². The van der Waals surface area contributed by atoms with Crippen molar-refractivity contribution in [1.82, 2.24) is 4.98 Å². The number of halogens is 2. The minimum absolute atomic E-state index is 0.000300. The number of hydrogen-bond acceptors (Lipinski definition) is 3. The first kappa shape index (κ1) is 19.4. The second kappa shape index (κ2) is 7.82. The van der Waals surface area contributed by atoms with E-state index >= 15 is 0 Å². The second-order valence-corrected chi connectivity index (χ2v) is 8.90. The quantitative estimate of drug-likeness (QED) is 0.622. The molecular formula is C22H25BrClNO2. The lowest BCUT2D eigenvalue weighted by Crippen LogP contribution is -2.36. The van der Waals surface area contributed by atoms with E-state index < -0.39 is 6.29 Å². The van der Waals surface area contributed by atoms with Crippen LogP contribution in [0, 0.1) is 18.8 Å². The average molecular weight is 451 g/mol. The van der Waals surface area contributed by atoms with Crippen molar-refractivity contribution in [2.45, 2.75) is 56.2 Å². The summed E-state index contributed by atoms with van der Waals surface area (Å²) in [6.07, 6.45) is 3.19. The molecule has 2 aromatic rings. The maximum absolute atomic E-state index is 10.4. The largest absolute Gasteiger partial charge is 0.368 e. The van der Waals surface area contributed by atoms with Crippen LogP contribution in [-0.2, 0) is 10.1 Å². The van der Waals surface area contributed by atoms with Gasteiger partial charge < -0.3 is 9.84 Å². The van der Waals surface area contributed by atoms with E-state index in [2.05, 4.69) is 54.0 Å². The highest BCUT2D eigenvalue weighted by Crippen LogP contribution is 2.55. The molecule has 5 heteroatoms. The number of alkyl halides is 1. The number of aliphatic hydroxyl groups excluding tert-OH is 1. The molecular weight excluding hydrogens is 426 g/mol. The van der Waals surface area contributed by atoms with Gasteiger partial charge in [0.05, 0.1) is 6.10 Å². The first-order chi connectivity index (χ1) is 13.0. The molecule has 144 valence electrons. The number of aryl methyl sites for hydroxylation is 1. The Balaban J connectivity index is 1.79. The molecule has 6 atom stereocenters. The van der Waals surface area contributed by atoms with Crippen molar-refractivity contribution >= 4 is 27.5 Å². The smallest absolute Gasteiger partial charge is 0.158 e. The lowest BCUT2D eigenvalue weighted by atomic mass is 9.62. The van der Waals surface area contributed by atoms with Gasteiger partial charge in [0.25, 0.3) is 0 Å². The van der Waals surface area contributed by atoms with E-state index in [4.69, 9.17) is 21.3 Å². The fourth-order valence-electron chi connectivity index (χ4n) is 5.06. The number of ether oxygens (including phenoxy) is 1. The summed E-state index contributed by atoms with van der Waals surface area (Å²) in [5.74, 6) is 0.847. The zero-order valence-corrected chi connectivity index (χ0v) is 18.0. The fraction of sp³-hybridized carbons (Fsp3) is 0.500. The Morgan fingerprint density at radius 1 is 1.26 bits per heavy atom. The van der Waals surface area contributed by atoms with Crippen molar-refractivity contribution in [2.75, 3.05) is 0 Å². The van der Waals surface area contributed by atoms with Crippen molar-refractivity contribution in [3.63, 3.8) is 0 Å². The van der Waals surface area contributed by atoms with E-state index in [1.165, 1.54) is 11.1 Å². The van der Waals surface area contributed by atoms with Gasteiger partial charge in [-0.25, -0.2) is 0 Å². The number of hydrogen-bond donors (Lipinski definition) is 1. The summed E-state index contributed by atoms with van der Waals surface area (Å²) in [7, 11) is 0. The highest BCUT2D eigenvalue weighted by Gasteiger charge is 2.51. The summed E-state index contributed by atoms with van der Waals surface area (Å²) in [6.45, 7) is 4.14. The van der Waals surface area contributed by atoms with Crippen LogP contribution in [0.3, 0.4) is 0 Å². The van der Waals surface area contributed by atoms with Crippen LogP contribution < -0.4 is 0 Å². The van der Waals surface area contributed by atoms with Gasteiger partial charge >= 0.3 is 0 Å². The highest BCUT2D eigenvalue weighted by atomic mass is 79.9. The molecule has 1 aromatic carbocycles. The normalized spacial score (nSPS) is 33.1. The third-order valence-corrected chi connectivity index (χ3v) is 7.29. The van der Waals surface area contributed by atoms with Gasteiger partial charge in [-0.2, -0.15) is 0 Å². The molecule has 0 spiro atoms. The van der Waals surface area contributed by atoms with E-state index in [9.17, 15) is 5.11 Å². The molecule has 1 aromatic heterocycles. The van der Waals surface area contributed by atoms with E-state index in [1.807, 2.05) is 12.3 Å². The Labute approximate surface area is 174 Å². The molecule has 4 rings (SSSR count). The molecule has 2 unspecified atom stereocenters. The van der Waals surface area contributed by atoms with Crippen LogP contribution in [0.1, 0.15) is 54.0 Å². The van der Waals surface area contributed by atoms with Gasteiger partial charge in [-0.15, -0.1) is 0 Å². The average Bonchev–Trinajstić information content (AvgIpc) is 2.95. The van der Waals surface area contributed by atoms with Crippen molar-refractivity contribution in [3.05, 3.63) is 63.9 Å². The predicted octanol–water partition coefficient (Wildman–Crippen LogP) is 5.57. The Hall–Kier alpha value is -0.940. The third kappa shape index (κ3) is 3.57. The summed E-state index contributed by atoms with van der Waals surface area (Å²) in [5, 5.41) is 12.0.